The lowest BCUT2D eigenvalue weighted by Gasteiger charge is -2.10. The Kier molecular flexibility index (Phi) is 4.87. The van der Waals surface area contributed by atoms with E-state index in [0.29, 0.717) is 12.5 Å². The van der Waals surface area contributed by atoms with Gasteiger partial charge in [-0.1, -0.05) is 19.9 Å². The zero-order valence-corrected chi connectivity index (χ0v) is 12.1. The predicted octanol–water partition coefficient (Wildman–Crippen LogP) is 2.66. The van der Waals surface area contributed by atoms with E-state index < -0.39 is 0 Å². The molecule has 0 saturated heterocycles. The van der Waals surface area contributed by atoms with Gasteiger partial charge in [-0.05, 0) is 12.1 Å². The molecule has 2 aromatic rings. The third kappa shape index (κ3) is 3.91. The first-order valence-electron chi connectivity index (χ1n) is 6.78. The van der Waals surface area contributed by atoms with Crippen LogP contribution in [0.4, 0.5) is 5.82 Å². The number of nitrogens with zero attached hydrogens (tertiary/aromatic N) is 3. The molecule has 0 unspecified atom stereocenters. The molecular formula is C15H20N4O. The Morgan fingerprint density at radius 2 is 2.10 bits per heavy atom. The fourth-order valence-electron chi connectivity index (χ4n) is 1.71. The van der Waals surface area contributed by atoms with E-state index in [1.165, 1.54) is 0 Å². The van der Waals surface area contributed by atoms with Crippen molar-refractivity contribution in [1.29, 1.82) is 0 Å². The molecule has 0 aliphatic rings. The summed E-state index contributed by atoms with van der Waals surface area (Å²) in [5, 5.41) is 3.03. The summed E-state index contributed by atoms with van der Waals surface area (Å²) < 4.78 is 5.71. The van der Waals surface area contributed by atoms with Gasteiger partial charge in [-0.15, -0.1) is 0 Å². The van der Waals surface area contributed by atoms with Gasteiger partial charge in [0.25, 0.3) is 0 Å². The van der Waals surface area contributed by atoms with Crippen LogP contribution in [0.3, 0.4) is 0 Å². The first-order chi connectivity index (χ1) is 9.69. The zero-order valence-electron chi connectivity index (χ0n) is 12.1. The molecule has 0 amide bonds. The second-order valence-corrected chi connectivity index (χ2v) is 4.77. The van der Waals surface area contributed by atoms with Gasteiger partial charge in [-0.3, -0.25) is 4.98 Å². The summed E-state index contributed by atoms with van der Waals surface area (Å²) in [6.07, 6.45) is 2.55. The van der Waals surface area contributed by atoms with E-state index in [-0.39, 0.29) is 5.92 Å². The largest absolute Gasteiger partial charge is 0.477 e. The van der Waals surface area contributed by atoms with Crippen LogP contribution < -0.4 is 10.1 Å². The SMILES string of the molecule is CNc1cc(OCCc2ccccn2)nc(C(C)C)n1. The molecule has 5 heteroatoms. The van der Waals surface area contributed by atoms with Crippen molar-refractivity contribution in [3.63, 3.8) is 0 Å². The molecule has 1 N–H and O–H groups in total. The smallest absolute Gasteiger partial charge is 0.218 e. The van der Waals surface area contributed by atoms with Gasteiger partial charge in [0, 0.05) is 37.3 Å². The van der Waals surface area contributed by atoms with Gasteiger partial charge in [0.15, 0.2) is 0 Å². The van der Waals surface area contributed by atoms with Crippen LogP contribution in [-0.4, -0.2) is 28.6 Å². The molecule has 0 aliphatic carbocycles. The van der Waals surface area contributed by atoms with Crippen LogP contribution in [0, 0.1) is 0 Å². The third-order valence-corrected chi connectivity index (χ3v) is 2.83. The quantitative estimate of drug-likeness (QED) is 0.876. The van der Waals surface area contributed by atoms with Crippen molar-refractivity contribution in [1.82, 2.24) is 15.0 Å². The Bertz CT molecular complexity index is 543. The highest BCUT2D eigenvalue weighted by Gasteiger charge is 2.08. The molecule has 0 fully saturated rings. The van der Waals surface area contributed by atoms with Crippen LogP contribution in [0.25, 0.3) is 0 Å². The molecule has 2 rings (SSSR count). The van der Waals surface area contributed by atoms with Crippen LogP contribution in [0.5, 0.6) is 5.88 Å². The number of rotatable bonds is 6. The van der Waals surface area contributed by atoms with E-state index in [1.54, 1.807) is 6.20 Å². The molecule has 20 heavy (non-hydrogen) atoms. The lowest BCUT2D eigenvalue weighted by molar-refractivity contribution is 0.306. The van der Waals surface area contributed by atoms with Gasteiger partial charge >= 0.3 is 0 Å². The Hall–Kier alpha value is -2.17. The predicted molar refractivity (Wildman–Crippen MR) is 79.1 cm³/mol. The monoisotopic (exact) mass is 272 g/mol. The Labute approximate surface area is 119 Å². The minimum absolute atomic E-state index is 0.265. The maximum absolute atomic E-state index is 5.71. The van der Waals surface area contributed by atoms with E-state index in [2.05, 4.69) is 34.1 Å². The van der Waals surface area contributed by atoms with Crippen molar-refractivity contribution in [3.05, 3.63) is 42.0 Å². The van der Waals surface area contributed by atoms with Gasteiger partial charge in [0.05, 0.1) is 6.61 Å². The summed E-state index contributed by atoms with van der Waals surface area (Å²) in [7, 11) is 1.84. The maximum atomic E-state index is 5.71. The van der Waals surface area contributed by atoms with Gasteiger partial charge in [-0.25, -0.2) is 4.98 Å². The fourth-order valence-corrected chi connectivity index (χ4v) is 1.71. The van der Waals surface area contributed by atoms with Gasteiger partial charge in [-0.2, -0.15) is 4.98 Å². The molecule has 0 atom stereocenters. The molecule has 0 saturated carbocycles. The normalized spacial score (nSPS) is 10.6. The van der Waals surface area contributed by atoms with Crippen molar-refractivity contribution < 1.29 is 4.74 Å². The highest BCUT2D eigenvalue weighted by atomic mass is 16.5. The molecule has 106 valence electrons. The summed E-state index contributed by atoms with van der Waals surface area (Å²) in [4.78, 5) is 13.1. The van der Waals surface area contributed by atoms with Gasteiger partial charge in [0.2, 0.25) is 5.88 Å². The van der Waals surface area contributed by atoms with Crippen molar-refractivity contribution in [2.75, 3.05) is 19.0 Å². The average Bonchev–Trinajstić information content (AvgIpc) is 2.48. The van der Waals surface area contributed by atoms with Crippen molar-refractivity contribution in [3.8, 4) is 5.88 Å². The summed E-state index contributed by atoms with van der Waals surface area (Å²) in [6, 6.07) is 7.68. The van der Waals surface area contributed by atoms with Crippen LogP contribution in [0.1, 0.15) is 31.3 Å². The third-order valence-electron chi connectivity index (χ3n) is 2.83. The lowest BCUT2D eigenvalue weighted by Crippen LogP contribution is -2.08. The van der Waals surface area contributed by atoms with Crippen molar-refractivity contribution >= 4 is 5.82 Å². The van der Waals surface area contributed by atoms with Gasteiger partial charge < -0.3 is 10.1 Å². The maximum Gasteiger partial charge on any atom is 0.218 e. The Balaban J connectivity index is 2.00. The molecule has 0 spiro atoms. The molecule has 2 aromatic heterocycles. The van der Waals surface area contributed by atoms with Gasteiger partial charge in [0.1, 0.15) is 11.6 Å². The lowest BCUT2D eigenvalue weighted by atomic mass is 10.2. The first-order valence-corrected chi connectivity index (χ1v) is 6.78. The van der Waals surface area contributed by atoms with E-state index in [0.717, 1.165) is 23.8 Å². The molecule has 0 radical (unpaired) electrons. The summed E-state index contributed by atoms with van der Waals surface area (Å²) in [6.45, 7) is 4.67. The average molecular weight is 272 g/mol. The number of aromatic nitrogens is 3. The minimum Gasteiger partial charge on any atom is -0.477 e. The highest BCUT2D eigenvalue weighted by molar-refractivity contribution is 5.38. The highest BCUT2D eigenvalue weighted by Crippen LogP contribution is 2.18. The van der Waals surface area contributed by atoms with E-state index in [9.17, 15) is 0 Å². The Morgan fingerprint density at radius 3 is 2.75 bits per heavy atom. The number of hydrogen-bond acceptors (Lipinski definition) is 5. The number of nitrogens with one attached hydrogen (secondary N) is 1. The van der Waals surface area contributed by atoms with E-state index >= 15 is 0 Å². The number of pyridine rings is 1. The second-order valence-electron chi connectivity index (χ2n) is 4.77. The molecule has 0 aliphatic heterocycles. The first kappa shape index (κ1) is 14.2. The van der Waals surface area contributed by atoms with Crippen LogP contribution in [0.2, 0.25) is 0 Å². The summed E-state index contributed by atoms with van der Waals surface area (Å²) in [5.74, 6) is 2.42. The minimum atomic E-state index is 0.265. The Morgan fingerprint density at radius 1 is 1.25 bits per heavy atom. The molecule has 0 bridgehead atoms. The summed E-state index contributed by atoms with van der Waals surface area (Å²) in [5.41, 5.74) is 1.01. The molecule has 0 aromatic carbocycles. The van der Waals surface area contributed by atoms with Crippen LogP contribution in [0.15, 0.2) is 30.5 Å². The number of ether oxygens (including phenoxy) is 1. The van der Waals surface area contributed by atoms with Crippen molar-refractivity contribution in [2.24, 2.45) is 0 Å². The number of anilines is 1. The zero-order chi connectivity index (χ0) is 14.4. The molecular weight excluding hydrogens is 252 g/mol. The molecule has 2 heterocycles. The fraction of sp³-hybridized carbons (Fsp3) is 0.400. The van der Waals surface area contributed by atoms with Crippen molar-refractivity contribution in [2.45, 2.75) is 26.2 Å². The topological polar surface area (TPSA) is 59.9 Å². The van der Waals surface area contributed by atoms with Crippen LogP contribution in [-0.2, 0) is 6.42 Å². The van der Waals surface area contributed by atoms with Crippen LogP contribution >= 0.6 is 0 Å². The molecule has 5 nitrogen and oxygen atoms in total. The second kappa shape index (κ2) is 6.84. The summed E-state index contributed by atoms with van der Waals surface area (Å²) >= 11 is 0. The van der Waals surface area contributed by atoms with E-state index in [4.69, 9.17) is 4.74 Å². The standard InChI is InChI=1S/C15H20N4O/c1-11(2)15-18-13(16-3)10-14(19-15)20-9-7-12-6-4-5-8-17-12/h4-6,8,10-11H,7,9H2,1-3H3,(H,16,18,19). The van der Waals surface area contributed by atoms with E-state index in [1.807, 2.05) is 31.3 Å². The number of hydrogen-bond donors (Lipinski definition) is 1.